The predicted octanol–water partition coefficient (Wildman–Crippen LogP) is 1.87. The van der Waals surface area contributed by atoms with E-state index in [1.54, 1.807) is 17.0 Å². The van der Waals surface area contributed by atoms with Crippen LogP contribution in [0.5, 0.6) is 0 Å². The molecule has 4 nitrogen and oxygen atoms in total. The molecule has 0 aromatic carbocycles. The van der Waals surface area contributed by atoms with Crippen molar-refractivity contribution in [3.8, 4) is 0 Å². The summed E-state index contributed by atoms with van der Waals surface area (Å²) in [6.45, 7) is 3.59. The maximum Gasteiger partial charge on any atom is 0.293 e. The van der Waals surface area contributed by atoms with Crippen LogP contribution in [0.1, 0.15) is 32.6 Å². The highest BCUT2D eigenvalue weighted by atomic mass is 16.1. The van der Waals surface area contributed by atoms with Crippen molar-refractivity contribution in [2.75, 3.05) is 11.9 Å². The number of nitrogens with one attached hydrogen (secondary N) is 1. The SMILES string of the molecule is CCn1ccnc(NCC2(C3CC3)CC2)c1=O. The fourth-order valence-corrected chi connectivity index (χ4v) is 2.66. The van der Waals surface area contributed by atoms with Crippen molar-refractivity contribution in [1.29, 1.82) is 0 Å². The summed E-state index contributed by atoms with van der Waals surface area (Å²) < 4.78 is 1.69. The third kappa shape index (κ3) is 1.96. The van der Waals surface area contributed by atoms with Crippen molar-refractivity contribution in [3.63, 3.8) is 0 Å². The molecule has 0 atom stereocenters. The van der Waals surface area contributed by atoms with Crippen LogP contribution in [0, 0.1) is 11.3 Å². The van der Waals surface area contributed by atoms with Gasteiger partial charge in [0, 0.05) is 25.5 Å². The monoisotopic (exact) mass is 233 g/mol. The number of anilines is 1. The van der Waals surface area contributed by atoms with Crippen LogP contribution >= 0.6 is 0 Å². The van der Waals surface area contributed by atoms with Gasteiger partial charge in [-0.3, -0.25) is 4.79 Å². The lowest BCUT2D eigenvalue weighted by Gasteiger charge is -2.15. The zero-order chi connectivity index (χ0) is 11.9. The maximum absolute atomic E-state index is 12.0. The van der Waals surface area contributed by atoms with Crippen LogP contribution in [0.4, 0.5) is 5.82 Å². The van der Waals surface area contributed by atoms with Crippen molar-refractivity contribution in [2.45, 2.75) is 39.2 Å². The Hall–Kier alpha value is -1.32. The Bertz CT molecular complexity index is 472. The van der Waals surface area contributed by atoms with Crippen LogP contribution in [-0.2, 0) is 6.54 Å². The first-order valence-electron chi connectivity index (χ1n) is 6.54. The lowest BCUT2D eigenvalue weighted by molar-refractivity contribution is 0.465. The van der Waals surface area contributed by atoms with Gasteiger partial charge in [0.1, 0.15) is 0 Å². The van der Waals surface area contributed by atoms with Gasteiger partial charge in [0.15, 0.2) is 5.82 Å². The second-order valence-electron chi connectivity index (χ2n) is 5.36. The molecule has 2 aliphatic rings. The average molecular weight is 233 g/mol. The number of nitrogens with zero attached hydrogens (tertiary/aromatic N) is 2. The van der Waals surface area contributed by atoms with Crippen LogP contribution in [-0.4, -0.2) is 16.1 Å². The fourth-order valence-electron chi connectivity index (χ4n) is 2.66. The van der Waals surface area contributed by atoms with Gasteiger partial charge in [0.25, 0.3) is 5.56 Å². The van der Waals surface area contributed by atoms with Gasteiger partial charge in [-0.2, -0.15) is 0 Å². The number of hydrogen-bond acceptors (Lipinski definition) is 3. The lowest BCUT2D eigenvalue weighted by Crippen LogP contribution is -2.27. The zero-order valence-corrected chi connectivity index (χ0v) is 10.3. The molecule has 1 aromatic heterocycles. The molecule has 0 saturated heterocycles. The fraction of sp³-hybridized carbons (Fsp3) is 0.692. The molecule has 2 saturated carbocycles. The smallest absolute Gasteiger partial charge is 0.293 e. The largest absolute Gasteiger partial charge is 0.365 e. The van der Waals surface area contributed by atoms with Crippen LogP contribution in [0.3, 0.4) is 0 Å². The molecule has 0 aliphatic heterocycles. The van der Waals surface area contributed by atoms with E-state index >= 15 is 0 Å². The van der Waals surface area contributed by atoms with Gasteiger partial charge in [-0.25, -0.2) is 4.98 Å². The highest BCUT2D eigenvalue weighted by Crippen LogP contribution is 2.61. The molecule has 2 fully saturated rings. The van der Waals surface area contributed by atoms with Crippen molar-refractivity contribution < 1.29 is 0 Å². The van der Waals surface area contributed by atoms with Gasteiger partial charge < -0.3 is 9.88 Å². The summed E-state index contributed by atoms with van der Waals surface area (Å²) in [6, 6.07) is 0. The minimum Gasteiger partial charge on any atom is -0.365 e. The molecule has 3 rings (SSSR count). The molecule has 2 aliphatic carbocycles. The second kappa shape index (κ2) is 3.86. The summed E-state index contributed by atoms with van der Waals surface area (Å²) in [6.07, 6.45) is 8.83. The highest BCUT2D eigenvalue weighted by Gasteiger charge is 2.53. The molecule has 0 unspecified atom stereocenters. The first-order chi connectivity index (χ1) is 8.25. The Balaban J connectivity index is 1.71. The van der Waals surface area contributed by atoms with Gasteiger partial charge in [-0.1, -0.05) is 0 Å². The first kappa shape index (κ1) is 10.8. The van der Waals surface area contributed by atoms with Crippen LogP contribution < -0.4 is 10.9 Å². The normalized spacial score (nSPS) is 21.2. The zero-order valence-electron chi connectivity index (χ0n) is 10.3. The van der Waals surface area contributed by atoms with E-state index in [9.17, 15) is 4.79 Å². The molecular formula is C13H19N3O. The van der Waals surface area contributed by atoms with Crippen LogP contribution in [0.15, 0.2) is 17.2 Å². The molecule has 17 heavy (non-hydrogen) atoms. The minimum absolute atomic E-state index is 0.00148. The first-order valence-corrected chi connectivity index (χ1v) is 6.54. The molecule has 1 heterocycles. The van der Waals surface area contributed by atoms with Gasteiger partial charge in [0.05, 0.1) is 0 Å². The number of aromatic nitrogens is 2. The van der Waals surface area contributed by atoms with Crippen molar-refractivity contribution in [1.82, 2.24) is 9.55 Å². The second-order valence-corrected chi connectivity index (χ2v) is 5.36. The molecule has 4 heteroatoms. The average Bonchev–Trinajstić information content (AvgIpc) is 3.19. The predicted molar refractivity (Wildman–Crippen MR) is 67.1 cm³/mol. The van der Waals surface area contributed by atoms with E-state index in [1.165, 1.54) is 25.7 Å². The quantitative estimate of drug-likeness (QED) is 0.844. The number of rotatable bonds is 5. The Morgan fingerprint density at radius 3 is 2.88 bits per heavy atom. The van der Waals surface area contributed by atoms with E-state index in [0.29, 0.717) is 17.8 Å². The van der Waals surface area contributed by atoms with Gasteiger partial charge >= 0.3 is 0 Å². The van der Waals surface area contributed by atoms with E-state index in [1.807, 2.05) is 6.92 Å². The summed E-state index contributed by atoms with van der Waals surface area (Å²) in [5.41, 5.74) is 0.502. The summed E-state index contributed by atoms with van der Waals surface area (Å²) in [7, 11) is 0. The number of hydrogen-bond donors (Lipinski definition) is 1. The topological polar surface area (TPSA) is 46.9 Å². The Kier molecular flexibility index (Phi) is 2.45. The third-order valence-corrected chi connectivity index (χ3v) is 4.20. The lowest BCUT2D eigenvalue weighted by atomic mass is 10.0. The van der Waals surface area contributed by atoms with Crippen molar-refractivity contribution in [3.05, 3.63) is 22.7 Å². The summed E-state index contributed by atoms with van der Waals surface area (Å²) >= 11 is 0. The van der Waals surface area contributed by atoms with E-state index in [-0.39, 0.29) is 5.56 Å². The Morgan fingerprint density at radius 2 is 2.29 bits per heavy atom. The Labute approximate surface area is 101 Å². The van der Waals surface area contributed by atoms with E-state index in [0.717, 1.165) is 12.5 Å². The van der Waals surface area contributed by atoms with E-state index < -0.39 is 0 Å². The summed E-state index contributed by atoms with van der Waals surface area (Å²) in [5, 5.41) is 3.27. The van der Waals surface area contributed by atoms with Crippen LogP contribution in [0.2, 0.25) is 0 Å². The highest BCUT2D eigenvalue weighted by molar-refractivity contribution is 5.32. The van der Waals surface area contributed by atoms with Gasteiger partial charge in [-0.15, -0.1) is 0 Å². The standard InChI is InChI=1S/C13H19N3O/c1-2-16-8-7-14-11(12(16)17)15-9-13(5-6-13)10-3-4-10/h7-8,10H,2-6,9H2,1H3,(H,14,15). The van der Waals surface area contributed by atoms with E-state index in [2.05, 4.69) is 10.3 Å². The molecule has 0 radical (unpaired) electrons. The molecule has 1 aromatic rings. The van der Waals surface area contributed by atoms with Crippen molar-refractivity contribution in [2.24, 2.45) is 11.3 Å². The maximum atomic E-state index is 12.0. The minimum atomic E-state index is 0.00148. The van der Waals surface area contributed by atoms with Gasteiger partial charge in [0.2, 0.25) is 0 Å². The third-order valence-electron chi connectivity index (χ3n) is 4.20. The molecule has 0 bridgehead atoms. The number of aryl methyl sites for hydroxylation is 1. The molecule has 1 N–H and O–H groups in total. The summed E-state index contributed by atoms with van der Waals surface area (Å²) in [5.74, 6) is 1.42. The van der Waals surface area contributed by atoms with Crippen molar-refractivity contribution >= 4 is 5.82 Å². The van der Waals surface area contributed by atoms with Gasteiger partial charge in [-0.05, 0) is 43.9 Å². The van der Waals surface area contributed by atoms with Crippen LogP contribution in [0.25, 0.3) is 0 Å². The molecule has 0 spiro atoms. The van der Waals surface area contributed by atoms with E-state index in [4.69, 9.17) is 0 Å². The Morgan fingerprint density at radius 1 is 1.53 bits per heavy atom. The molecule has 0 amide bonds. The summed E-state index contributed by atoms with van der Waals surface area (Å²) in [4.78, 5) is 16.1. The molecular weight excluding hydrogens is 214 g/mol. The molecule has 92 valence electrons.